The normalized spacial score (nSPS) is 20.9. The topological polar surface area (TPSA) is 41.5 Å². The SMILES string of the molecule is CC(OCC(O)CNC1(C)CCCCC1)c1ccccc1. The van der Waals surface area contributed by atoms with Crippen LogP contribution in [0.15, 0.2) is 30.3 Å². The molecule has 1 aromatic carbocycles. The number of rotatable bonds is 7. The van der Waals surface area contributed by atoms with Gasteiger partial charge in [-0.05, 0) is 32.3 Å². The third kappa shape index (κ3) is 5.42. The molecule has 0 bridgehead atoms. The molecule has 2 rings (SSSR count). The summed E-state index contributed by atoms with van der Waals surface area (Å²) in [5, 5.41) is 13.6. The first-order valence-electron chi connectivity index (χ1n) is 8.19. The molecule has 0 aliphatic heterocycles. The van der Waals surface area contributed by atoms with E-state index in [1.807, 2.05) is 25.1 Å². The number of aliphatic hydroxyl groups is 1. The molecule has 1 aliphatic rings. The van der Waals surface area contributed by atoms with Crippen LogP contribution in [0.4, 0.5) is 0 Å². The van der Waals surface area contributed by atoms with Crippen molar-refractivity contribution in [1.29, 1.82) is 0 Å². The Labute approximate surface area is 128 Å². The second-order valence-corrected chi connectivity index (χ2v) is 6.54. The molecule has 1 fully saturated rings. The highest BCUT2D eigenvalue weighted by molar-refractivity contribution is 5.16. The maximum absolute atomic E-state index is 10.1. The van der Waals surface area contributed by atoms with Gasteiger partial charge in [-0.1, -0.05) is 49.6 Å². The number of hydrogen-bond acceptors (Lipinski definition) is 3. The van der Waals surface area contributed by atoms with E-state index in [9.17, 15) is 5.11 Å². The summed E-state index contributed by atoms with van der Waals surface area (Å²) in [4.78, 5) is 0. The summed E-state index contributed by atoms with van der Waals surface area (Å²) < 4.78 is 5.77. The van der Waals surface area contributed by atoms with Crippen LogP contribution < -0.4 is 5.32 Å². The smallest absolute Gasteiger partial charge is 0.0898 e. The van der Waals surface area contributed by atoms with Gasteiger partial charge in [0.05, 0.1) is 18.8 Å². The molecule has 2 N–H and O–H groups in total. The third-order valence-electron chi connectivity index (χ3n) is 4.53. The average Bonchev–Trinajstić information content (AvgIpc) is 2.52. The highest BCUT2D eigenvalue weighted by atomic mass is 16.5. The number of ether oxygens (including phenoxy) is 1. The van der Waals surface area contributed by atoms with E-state index in [0.29, 0.717) is 13.2 Å². The van der Waals surface area contributed by atoms with Crippen molar-refractivity contribution in [3.63, 3.8) is 0 Å². The van der Waals surface area contributed by atoms with Crippen LogP contribution in [0.5, 0.6) is 0 Å². The Morgan fingerprint density at radius 1 is 1.19 bits per heavy atom. The average molecular weight is 291 g/mol. The van der Waals surface area contributed by atoms with Crippen molar-refractivity contribution < 1.29 is 9.84 Å². The van der Waals surface area contributed by atoms with Gasteiger partial charge in [-0.2, -0.15) is 0 Å². The fraction of sp³-hybridized carbons (Fsp3) is 0.667. The predicted octanol–water partition coefficient (Wildman–Crippen LogP) is 3.44. The molecule has 3 heteroatoms. The molecule has 1 saturated carbocycles. The molecule has 0 aromatic heterocycles. The summed E-state index contributed by atoms with van der Waals surface area (Å²) in [7, 11) is 0. The van der Waals surface area contributed by atoms with Crippen LogP contribution in [-0.2, 0) is 4.74 Å². The molecule has 118 valence electrons. The van der Waals surface area contributed by atoms with Crippen LogP contribution in [-0.4, -0.2) is 29.9 Å². The number of benzene rings is 1. The Balaban J connectivity index is 1.68. The fourth-order valence-electron chi connectivity index (χ4n) is 3.01. The van der Waals surface area contributed by atoms with Gasteiger partial charge in [0.1, 0.15) is 0 Å². The lowest BCUT2D eigenvalue weighted by Gasteiger charge is -2.35. The highest BCUT2D eigenvalue weighted by Gasteiger charge is 2.26. The minimum atomic E-state index is -0.449. The standard InChI is InChI=1S/C18H29NO2/c1-15(16-9-5-3-6-10-16)21-14-17(20)13-19-18(2)11-7-4-8-12-18/h3,5-6,9-10,15,17,19-20H,4,7-8,11-14H2,1-2H3. The molecule has 0 amide bonds. The zero-order chi connectivity index (χ0) is 15.1. The van der Waals surface area contributed by atoms with Gasteiger partial charge in [-0.15, -0.1) is 0 Å². The lowest BCUT2D eigenvalue weighted by atomic mass is 9.83. The van der Waals surface area contributed by atoms with Crippen molar-refractivity contribution in [2.45, 2.75) is 63.7 Å². The maximum atomic E-state index is 10.1. The molecular formula is C18H29NO2. The Morgan fingerprint density at radius 3 is 2.52 bits per heavy atom. The van der Waals surface area contributed by atoms with E-state index in [1.54, 1.807) is 0 Å². The number of hydrogen-bond donors (Lipinski definition) is 2. The van der Waals surface area contributed by atoms with Crippen molar-refractivity contribution >= 4 is 0 Å². The van der Waals surface area contributed by atoms with Gasteiger partial charge < -0.3 is 15.2 Å². The van der Waals surface area contributed by atoms with Gasteiger partial charge in [0, 0.05) is 12.1 Å². The van der Waals surface area contributed by atoms with Crippen LogP contribution in [0.2, 0.25) is 0 Å². The van der Waals surface area contributed by atoms with Gasteiger partial charge in [-0.3, -0.25) is 0 Å². The van der Waals surface area contributed by atoms with Gasteiger partial charge >= 0.3 is 0 Å². The second-order valence-electron chi connectivity index (χ2n) is 6.54. The molecule has 21 heavy (non-hydrogen) atoms. The Hall–Kier alpha value is -0.900. The molecule has 1 aromatic rings. The fourth-order valence-corrected chi connectivity index (χ4v) is 3.01. The Bertz CT molecular complexity index is 401. The minimum absolute atomic E-state index is 0.0196. The van der Waals surface area contributed by atoms with Gasteiger partial charge in [-0.25, -0.2) is 0 Å². The second kappa shape index (κ2) is 7.92. The lowest BCUT2D eigenvalue weighted by molar-refractivity contribution is -0.00532. The molecule has 1 aliphatic carbocycles. The van der Waals surface area contributed by atoms with Gasteiger partial charge in [0.15, 0.2) is 0 Å². The minimum Gasteiger partial charge on any atom is -0.389 e. The molecule has 0 spiro atoms. The number of β-amino-alcohol motifs (C(OH)–C–C–N with tert-alkyl or cyclic N) is 1. The molecular weight excluding hydrogens is 262 g/mol. The van der Waals surface area contributed by atoms with E-state index in [4.69, 9.17) is 4.74 Å². The van der Waals surface area contributed by atoms with Crippen LogP contribution in [0.25, 0.3) is 0 Å². The van der Waals surface area contributed by atoms with E-state index >= 15 is 0 Å². The van der Waals surface area contributed by atoms with Crippen LogP contribution in [0, 0.1) is 0 Å². The first kappa shape index (κ1) is 16.5. The highest BCUT2D eigenvalue weighted by Crippen LogP contribution is 2.27. The molecule has 0 heterocycles. The number of nitrogens with one attached hydrogen (secondary N) is 1. The first-order chi connectivity index (χ1) is 10.1. The van der Waals surface area contributed by atoms with Crippen LogP contribution in [0.1, 0.15) is 57.6 Å². The lowest BCUT2D eigenvalue weighted by Crippen LogP contribution is -2.47. The van der Waals surface area contributed by atoms with Crippen molar-refractivity contribution in [2.24, 2.45) is 0 Å². The van der Waals surface area contributed by atoms with E-state index < -0.39 is 6.10 Å². The molecule has 2 atom stereocenters. The maximum Gasteiger partial charge on any atom is 0.0898 e. The number of aliphatic hydroxyl groups excluding tert-OH is 1. The van der Waals surface area contributed by atoms with Gasteiger partial charge in [0.2, 0.25) is 0 Å². The zero-order valence-corrected chi connectivity index (χ0v) is 13.3. The largest absolute Gasteiger partial charge is 0.389 e. The summed E-state index contributed by atoms with van der Waals surface area (Å²) >= 11 is 0. The summed E-state index contributed by atoms with van der Waals surface area (Å²) in [6.07, 6.45) is 5.92. The summed E-state index contributed by atoms with van der Waals surface area (Å²) in [5.74, 6) is 0. The van der Waals surface area contributed by atoms with E-state index in [2.05, 4.69) is 24.4 Å². The zero-order valence-electron chi connectivity index (χ0n) is 13.3. The first-order valence-corrected chi connectivity index (χ1v) is 8.19. The van der Waals surface area contributed by atoms with E-state index in [-0.39, 0.29) is 11.6 Å². The van der Waals surface area contributed by atoms with E-state index in [0.717, 1.165) is 5.56 Å². The van der Waals surface area contributed by atoms with Crippen molar-refractivity contribution in [2.75, 3.05) is 13.2 Å². The molecule has 0 saturated heterocycles. The van der Waals surface area contributed by atoms with Crippen molar-refractivity contribution in [1.82, 2.24) is 5.32 Å². The summed E-state index contributed by atoms with van der Waals surface area (Å²) in [5.41, 5.74) is 1.35. The molecule has 3 nitrogen and oxygen atoms in total. The molecule has 0 radical (unpaired) electrons. The Kier molecular flexibility index (Phi) is 6.22. The Morgan fingerprint density at radius 2 is 1.86 bits per heavy atom. The van der Waals surface area contributed by atoms with Crippen LogP contribution in [0.3, 0.4) is 0 Å². The van der Waals surface area contributed by atoms with E-state index in [1.165, 1.54) is 32.1 Å². The summed E-state index contributed by atoms with van der Waals surface area (Å²) in [6, 6.07) is 10.1. The monoisotopic (exact) mass is 291 g/mol. The third-order valence-corrected chi connectivity index (χ3v) is 4.53. The predicted molar refractivity (Wildman–Crippen MR) is 86.3 cm³/mol. The van der Waals surface area contributed by atoms with Gasteiger partial charge in [0.25, 0.3) is 0 Å². The van der Waals surface area contributed by atoms with Crippen LogP contribution >= 0.6 is 0 Å². The molecule has 2 unspecified atom stereocenters. The quantitative estimate of drug-likeness (QED) is 0.808. The van der Waals surface area contributed by atoms with Crippen molar-refractivity contribution in [3.8, 4) is 0 Å². The summed E-state index contributed by atoms with van der Waals surface area (Å²) in [6.45, 7) is 5.28. The van der Waals surface area contributed by atoms with Crippen molar-refractivity contribution in [3.05, 3.63) is 35.9 Å².